The first-order chi connectivity index (χ1) is 6.38. The van der Waals surface area contributed by atoms with Crippen LogP contribution < -0.4 is 5.32 Å². The molecule has 13 heavy (non-hydrogen) atoms. The first-order valence-corrected chi connectivity index (χ1v) is 5.05. The molecule has 0 aliphatic carbocycles. The average Bonchev–Trinajstić information content (AvgIpc) is 2.65. The topological polar surface area (TPSA) is 21.3 Å². The van der Waals surface area contributed by atoms with E-state index in [2.05, 4.69) is 24.9 Å². The molecule has 1 heterocycles. The van der Waals surface area contributed by atoms with Crippen molar-refractivity contribution >= 4 is 0 Å². The Kier molecular flexibility index (Phi) is 4.61. The predicted octanol–water partition coefficient (Wildman–Crippen LogP) is 2.23. The van der Waals surface area contributed by atoms with E-state index in [-0.39, 0.29) is 0 Å². The van der Waals surface area contributed by atoms with Gasteiger partial charge in [0.1, 0.15) is 5.76 Å². The van der Waals surface area contributed by atoms with Crippen molar-refractivity contribution in [2.45, 2.75) is 32.2 Å². The van der Waals surface area contributed by atoms with E-state index < -0.39 is 0 Å². The summed E-state index contributed by atoms with van der Waals surface area (Å²) in [5, 5.41) is 3.45. The monoisotopic (exact) mass is 181 g/mol. The van der Waals surface area contributed by atoms with Crippen molar-refractivity contribution in [2.24, 2.45) is 0 Å². The number of nitrogens with one attached hydrogen (secondary N) is 1. The minimum Gasteiger partial charge on any atom is -0.496 e. The van der Waals surface area contributed by atoms with Gasteiger partial charge in [-0.1, -0.05) is 13.0 Å². The molecule has 0 aromatic heterocycles. The maximum Gasteiger partial charge on any atom is 0.109 e. The fraction of sp³-hybridized carbons (Fsp3) is 0.636. The van der Waals surface area contributed by atoms with Crippen LogP contribution in [-0.4, -0.2) is 19.2 Å². The molecule has 0 aromatic rings. The van der Waals surface area contributed by atoms with Gasteiger partial charge in [0, 0.05) is 6.42 Å². The smallest absolute Gasteiger partial charge is 0.109 e. The quantitative estimate of drug-likeness (QED) is 0.634. The van der Waals surface area contributed by atoms with Gasteiger partial charge in [-0.15, -0.1) is 6.58 Å². The van der Waals surface area contributed by atoms with Crippen LogP contribution in [0.25, 0.3) is 0 Å². The van der Waals surface area contributed by atoms with Crippen LogP contribution >= 0.6 is 0 Å². The van der Waals surface area contributed by atoms with Crippen molar-refractivity contribution < 1.29 is 4.74 Å². The van der Waals surface area contributed by atoms with Crippen LogP contribution in [0.4, 0.5) is 0 Å². The van der Waals surface area contributed by atoms with E-state index in [1.165, 1.54) is 0 Å². The Morgan fingerprint density at radius 2 is 2.62 bits per heavy atom. The predicted molar refractivity (Wildman–Crippen MR) is 55.5 cm³/mol. The zero-order valence-corrected chi connectivity index (χ0v) is 8.38. The van der Waals surface area contributed by atoms with Crippen LogP contribution in [-0.2, 0) is 4.74 Å². The fourth-order valence-electron chi connectivity index (χ4n) is 1.47. The highest BCUT2D eigenvalue weighted by atomic mass is 16.5. The summed E-state index contributed by atoms with van der Waals surface area (Å²) in [6.45, 7) is 7.81. The Labute approximate surface area is 80.7 Å². The largest absolute Gasteiger partial charge is 0.496 e. The third-order valence-corrected chi connectivity index (χ3v) is 2.12. The van der Waals surface area contributed by atoms with Crippen molar-refractivity contribution in [1.29, 1.82) is 0 Å². The molecule has 0 saturated heterocycles. The van der Waals surface area contributed by atoms with Crippen LogP contribution in [0.1, 0.15) is 26.2 Å². The third-order valence-electron chi connectivity index (χ3n) is 2.12. The van der Waals surface area contributed by atoms with Gasteiger partial charge in [0.2, 0.25) is 0 Å². The summed E-state index contributed by atoms with van der Waals surface area (Å²) >= 11 is 0. The molecule has 1 unspecified atom stereocenters. The Bertz CT molecular complexity index is 187. The fourth-order valence-corrected chi connectivity index (χ4v) is 1.47. The van der Waals surface area contributed by atoms with Crippen molar-refractivity contribution in [3.8, 4) is 0 Å². The lowest BCUT2D eigenvalue weighted by molar-refractivity contribution is 0.215. The minimum absolute atomic E-state index is 0.347. The van der Waals surface area contributed by atoms with Gasteiger partial charge in [-0.25, -0.2) is 0 Å². The molecule has 0 aromatic carbocycles. The highest BCUT2D eigenvalue weighted by Gasteiger charge is 2.16. The van der Waals surface area contributed by atoms with Crippen LogP contribution in [0.3, 0.4) is 0 Å². The molecule has 1 N–H and O–H groups in total. The Morgan fingerprint density at radius 1 is 1.77 bits per heavy atom. The second-order valence-electron chi connectivity index (χ2n) is 3.27. The zero-order chi connectivity index (χ0) is 9.52. The number of ether oxygens (including phenoxy) is 1. The van der Waals surface area contributed by atoms with Gasteiger partial charge in [-0.05, 0) is 25.5 Å². The maximum absolute atomic E-state index is 5.52. The van der Waals surface area contributed by atoms with Gasteiger partial charge in [-0.3, -0.25) is 0 Å². The summed E-state index contributed by atoms with van der Waals surface area (Å²) in [5.74, 6) is 1.10. The number of rotatable bonds is 6. The lowest BCUT2D eigenvalue weighted by atomic mass is 10.1. The summed E-state index contributed by atoms with van der Waals surface area (Å²) in [6.07, 6.45) is 7.27. The molecule has 1 rings (SSSR count). The zero-order valence-electron chi connectivity index (χ0n) is 8.38. The van der Waals surface area contributed by atoms with Gasteiger partial charge >= 0.3 is 0 Å². The molecule has 0 fully saturated rings. The van der Waals surface area contributed by atoms with Crippen molar-refractivity contribution in [3.63, 3.8) is 0 Å². The molecule has 1 aliphatic heterocycles. The number of hydrogen-bond acceptors (Lipinski definition) is 2. The van der Waals surface area contributed by atoms with Gasteiger partial charge in [0.25, 0.3) is 0 Å². The van der Waals surface area contributed by atoms with Crippen LogP contribution in [0.2, 0.25) is 0 Å². The summed E-state index contributed by atoms with van der Waals surface area (Å²) in [6, 6.07) is 0.347. The Balaban J connectivity index is 2.40. The first-order valence-electron chi connectivity index (χ1n) is 5.05. The SMILES string of the molecule is C=CCC(NCCC)C1=CCCO1. The van der Waals surface area contributed by atoms with E-state index in [1.54, 1.807) is 0 Å². The van der Waals surface area contributed by atoms with E-state index in [0.717, 1.165) is 38.2 Å². The standard InChI is InChI=1S/C11H19NO/c1-3-6-10(12-8-4-2)11-7-5-9-13-11/h3,7,10,12H,1,4-6,8-9H2,2H3. The first kappa shape index (κ1) is 10.3. The molecule has 0 amide bonds. The maximum atomic E-state index is 5.52. The van der Waals surface area contributed by atoms with E-state index >= 15 is 0 Å². The van der Waals surface area contributed by atoms with Crippen molar-refractivity contribution in [2.75, 3.05) is 13.2 Å². The van der Waals surface area contributed by atoms with Crippen LogP contribution in [0, 0.1) is 0 Å². The number of hydrogen-bond donors (Lipinski definition) is 1. The lowest BCUT2D eigenvalue weighted by Crippen LogP contribution is -2.31. The van der Waals surface area contributed by atoms with E-state index in [1.807, 2.05) is 6.08 Å². The Morgan fingerprint density at radius 3 is 3.15 bits per heavy atom. The summed E-state index contributed by atoms with van der Waals surface area (Å²) in [7, 11) is 0. The Hall–Kier alpha value is -0.760. The molecule has 0 bridgehead atoms. The summed E-state index contributed by atoms with van der Waals surface area (Å²) in [4.78, 5) is 0. The van der Waals surface area contributed by atoms with E-state index in [4.69, 9.17) is 4.74 Å². The highest BCUT2D eigenvalue weighted by Crippen LogP contribution is 2.15. The molecule has 1 aliphatic rings. The normalized spacial score (nSPS) is 17.8. The van der Waals surface area contributed by atoms with Crippen molar-refractivity contribution in [1.82, 2.24) is 5.32 Å². The molecule has 74 valence electrons. The molecular formula is C11H19NO. The molecule has 0 radical (unpaired) electrons. The molecular weight excluding hydrogens is 162 g/mol. The summed E-state index contributed by atoms with van der Waals surface area (Å²) < 4.78 is 5.52. The van der Waals surface area contributed by atoms with Gasteiger partial charge < -0.3 is 10.1 Å². The van der Waals surface area contributed by atoms with Gasteiger partial charge in [-0.2, -0.15) is 0 Å². The second-order valence-corrected chi connectivity index (χ2v) is 3.27. The molecule has 0 spiro atoms. The van der Waals surface area contributed by atoms with Crippen LogP contribution in [0.5, 0.6) is 0 Å². The molecule has 1 atom stereocenters. The van der Waals surface area contributed by atoms with Gasteiger partial charge in [0.05, 0.1) is 12.6 Å². The van der Waals surface area contributed by atoms with Gasteiger partial charge in [0.15, 0.2) is 0 Å². The lowest BCUT2D eigenvalue weighted by Gasteiger charge is -2.17. The van der Waals surface area contributed by atoms with Crippen LogP contribution in [0.15, 0.2) is 24.5 Å². The average molecular weight is 181 g/mol. The van der Waals surface area contributed by atoms with Crippen molar-refractivity contribution in [3.05, 3.63) is 24.5 Å². The minimum atomic E-state index is 0.347. The highest BCUT2D eigenvalue weighted by molar-refractivity contribution is 5.08. The molecule has 0 saturated carbocycles. The third kappa shape index (κ3) is 3.23. The summed E-state index contributed by atoms with van der Waals surface area (Å²) in [5.41, 5.74) is 0. The molecule has 2 heteroatoms. The second kappa shape index (κ2) is 5.81. The van der Waals surface area contributed by atoms with E-state index in [9.17, 15) is 0 Å². The van der Waals surface area contributed by atoms with E-state index in [0.29, 0.717) is 6.04 Å². The molecule has 2 nitrogen and oxygen atoms in total.